The van der Waals surface area contributed by atoms with Crippen molar-refractivity contribution in [3.05, 3.63) is 0 Å². The Labute approximate surface area is 85.4 Å². The molecule has 80 valence electrons. The van der Waals surface area contributed by atoms with Crippen LogP contribution in [0.25, 0.3) is 0 Å². The summed E-state index contributed by atoms with van der Waals surface area (Å²) in [5, 5.41) is 0. The van der Waals surface area contributed by atoms with E-state index < -0.39 is 5.60 Å². The fraction of sp³-hybridized carbons (Fsp3) is 0.909. The van der Waals surface area contributed by atoms with Crippen molar-refractivity contribution in [1.82, 2.24) is 4.90 Å². The average Bonchev–Trinajstić information content (AvgIpc) is 2.68. The number of ether oxygens (including phenoxy) is 1. The zero-order valence-corrected chi connectivity index (χ0v) is 9.25. The number of carbonyl (C=O) groups is 1. The molecule has 3 nitrogen and oxygen atoms in total. The van der Waals surface area contributed by atoms with Crippen LogP contribution in [0.2, 0.25) is 0 Å². The normalized spacial score (nSPS) is 37.9. The first-order chi connectivity index (χ1) is 6.57. The van der Waals surface area contributed by atoms with Gasteiger partial charge < -0.3 is 9.64 Å². The molecule has 0 aromatic carbocycles. The van der Waals surface area contributed by atoms with E-state index in [1.54, 1.807) is 0 Å². The van der Waals surface area contributed by atoms with Crippen molar-refractivity contribution >= 4 is 5.91 Å². The minimum absolute atomic E-state index is 0.203. The van der Waals surface area contributed by atoms with Crippen molar-refractivity contribution in [3.8, 4) is 0 Å². The Balaban J connectivity index is 2.20. The lowest BCUT2D eigenvalue weighted by Gasteiger charge is -2.22. The zero-order valence-electron chi connectivity index (χ0n) is 9.25. The molecule has 0 saturated carbocycles. The maximum atomic E-state index is 12.0. The molecule has 2 aliphatic rings. The van der Waals surface area contributed by atoms with Crippen LogP contribution in [0.5, 0.6) is 0 Å². The van der Waals surface area contributed by atoms with Crippen LogP contribution in [-0.4, -0.2) is 36.1 Å². The molecular weight excluding hydrogens is 178 g/mol. The minimum atomic E-state index is -0.441. The number of likely N-dealkylation sites (tertiary alicyclic amines) is 1. The maximum absolute atomic E-state index is 12.0. The highest BCUT2D eigenvalue weighted by molar-refractivity contribution is 5.88. The molecule has 0 aromatic rings. The number of amides is 1. The molecule has 0 radical (unpaired) electrons. The van der Waals surface area contributed by atoms with E-state index >= 15 is 0 Å². The van der Waals surface area contributed by atoms with Gasteiger partial charge in [-0.2, -0.15) is 0 Å². The third-order valence-corrected chi connectivity index (χ3v) is 3.62. The molecule has 2 rings (SSSR count). The minimum Gasteiger partial charge on any atom is -0.365 e. The first-order valence-electron chi connectivity index (χ1n) is 5.48. The van der Waals surface area contributed by atoms with Gasteiger partial charge in [-0.05, 0) is 18.8 Å². The van der Waals surface area contributed by atoms with Crippen molar-refractivity contribution in [2.45, 2.75) is 44.8 Å². The second kappa shape index (κ2) is 3.23. The van der Waals surface area contributed by atoms with Crippen LogP contribution >= 0.6 is 0 Å². The predicted octanol–water partition coefficient (Wildman–Crippen LogP) is 1.42. The third kappa shape index (κ3) is 1.26. The molecule has 2 heterocycles. The van der Waals surface area contributed by atoms with Crippen molar-refractivity contribution in [2.75, 3.05) is 13.7 Å². The van der Waals surface area contributed by atoms with Crippen molar-refractivity contribution < 1.29 is 9.53 Å². The van der Waals surface area contributed by atoms with Gasteiger partial charge in [0.05, 0.1) is 0 Å². The van der Waals surface area contributed by atoms with Gasteiger partial charge in [0.25, 0.3) is 5.91 Å². The van der Waals surface area contributed by atoms with Gasteiger partial charge in [-0.3, -0.25) is 4.79 Å². The fourth-order valence-electron chi connectivity index (χ4n) is 2.74. The van der Waals surface area contributed by atoms with E-state index in [9.17, 15) is 4.79 Å². The molecular formula is C11H19NO2. The quantitative estimate of drug-likeness (QED) is 0.636. The molecule has 0 aromatic heterocycles. The van der Waals surface area contributed by atoms with Gasteiger partial charge in [-0.1, -0.05) is 13.8 Å². The summed E-state index contributed by atoms with van der Waals surface area (Å²) in [5.74, 6) is 0.723. The van der Waals surface area contributed by atoms with Gasteiger partial charge in [0.1, 0.15) is 5.60 Å². The van der Waals surface area contributed by atoms with Crippen LogP contribution in [-0.2, 0) is 9.53 Å². The average molecular weight is 197 g/mol. The number of rotatable bonds is 1. The van der Waals surface area contributed by atoms with E-state index in [0.717, 1.165) is 25.9 Å². The van der Waals surface area contributed by atoms with Crippen LogP contribution < -0.4 is 0 Å². The molecule has 2 atom stereocenters. The summed E-state index contributed by atoms with van der Waals surface area (Å²) in [6, 6.07) is 0.362. The zero-order chi connectivity index (χ0) is 10.3. The van der Waals surface area contributed by atoms with Crippen molar-refractivity contribution in [1.29, 1.82) is 0 Å². The molecule has 0 N–H and O–H groups in total. The molecule has 3 heteroatoms. The lowest BCUT2D eigenvalue weighted by atomic mass is 9.92. The summed E-state index contributed by atoms with van der Waals surface area (Å²) in [4.78, 5) is 13.9. The highest BCUT2D eigenvalue weighted by Gasteiger charge is 2.53. The number of likely N-dealkylation sites (N-methyl/N-ethyl adjacent to an activating group) is 1. The third-order valence-electron chi connectivity index (χ3n) is 3.62. The van der Waals surface area contributed by atoms with Crippen LogP contribution in [0.3, 0.4) is 0 Å². The standard InChI is InChI=1S/C11H19NO2/c1-8(2)9-7-11(5-4-6-14-11)10(13)12(9)3/h8-9H,4-7H2,1-3H3. The Morgan fingerprint density at radius 2 is 2.29 bits per heavy atom. The van der Waals surface area contributed by atoms with Gasteiger partial charge in [-0.25, -0.2) is 0 Å². The van der Waals surface area contributed by atoms with Crippen LogP contribution in [0.1, 0.15) is 33.1 Å². The Bertz CT molecular complexity index is 244. The molecule has 2 saturated heterocycles. The maximum Gasteiger partial charge on any atom is 0.254 e. The molecule has 1 spiro atoms. The lowest BCUT2D eigenvalue weighted by Crippen LogP contribution is -2.38. The fourth-order valence-corrected chi connectivity index (χ4v) is 2.74. The van der Waals surface area contributed by atoms with Crippen LogP contribution in [0, 0.1) is 5.92 Å². The molecule has 2 aliphatic heterocycles. The summed E-state index contributed by atoms with van der Waals surface area (Å²) >= 11 is 0. The largest absolute Gasteiger partial charge is 0.365 e. The second-order valence-electron chi connectivity index (χ2n) is 4.88. The van der Waals surface area contributed by atoms with Gasteiger partial charge in [0, 0.05) is 26.1 Å². The summed E-state index contributed by atoms with van der Waals surface area (Å²) < 4.78 is 5.67. The van der Waals surface area contributed by atoms with Gasteiger partial charge in [-0.15, -0.1) is 0 Å². The summed E-state index contributed by atoms with van der Waals surface area (Å²) in [7, 11) is 1.91. The number of hydrogen-bond acceptors (Lipinski definition) is 2. The summed E-state index contributed by atoms with van der Waals surface area (Å²) in [6.07, 6.45) is 2.84. The number of hydrogen-bond donors (Lipinski definition) is 0. The van der Waals surface area contributed by atoms with E-state index in [-0.39, 0.29) is 5.91 Å². The smallest absolute Gasteiger partial charge is 0.254 e. The SMILES string of the molecule is CC(C)C1CC2(CCCO2)C(=O)N1C. The first kappa shape index (κ1) is 9.97. The molecule has 14 heavy (non-hydrogen) atoms. The Kier molecular flexibility index (Phi) is 2.30. The number of nitrogens with zero attached hydrogens (tertiary/aromatic N) is 1. The van der Waals surface area contributed by atoms with Crippen molar-refractivity contribution in [3.63, 3.8) is 0 Å². The monoisotopic (exact) mass is 197 g/mol. The van der Waals surface area contributed by atoms with E-state index in [2.05, 4.69) is 13.8 Å². The van der Waals surface area contributed by atoms with E-state index in [1.807, 2.05) is 11.9 Å². The molecule has 0 bridgehead atoms. The van der Waals surface area contributed by atoms with E-state index in [4.69, 9.17) is 4.74 Å². The first-order valence-corrected chi connectivity index (χ1v) is 5.48. The Hall–Kier alpha value is -0.570. The van der Waals surface area contributed by atoms with Gasteiger partial charge in [0.15, 0.2) is 0 Å². The molecule has 1 amide bonds. The van der Waals surface area contributed by atoms with Crippen molar-refractivity contribution in [2.24, 2.45) is 5.92 Å². The molecule has 2 fully saturated rings. The Morgan fingerprint density at radius 1 is 1.57 bits per heavy atom. The second-order valence-corrected chi connectivity index (χ2v) is 4.88. The number of carbonyl (C=O) groups excluding carboxylic acids is 1. The highest BCUT2D eigenvalue weighted by Crippen LogP contribution is 2.40. The van der Waals surface area contributed by atoms with E-state index in [0.29, 0.717) is 12.0 Å². The topological polar surface area (TPSA) is 29.5 Å². The van der Waals surface area contributed by atoms with Gasteiger partial charge >= 0.3 is 0 Å². The summed E-state index contributed by atoms with van der Waals surface area (Å²) in [6.45, 7) is 5.09. The van der Waals surface area contributed by atoms with Crippen LogP contribution in [0.4, 0.5) is 0 Å². The van der Waals surface area contributed by atoms with Gasteiger partial charge in [0.2, 0.25) is 0 Å². The predicted molar refractivity (Wildman–Crippen MR) is 53.9 cm³/mol. The highest BCUT2D eigenvalue weighted by atomic mass is 16.5. The molecule has 0 aliphatic carbocycles. The Morgan fingerprint density at radius 3 is 2.71 bits per heavy atom. The van der Waals surface area contributed by atoms with Crippen LogP contribution in [0.15, 0.2) is 0 Å². The summed E-state index contributed by atoms with van der Waals surface area (Å²) in [5.41, 5.74) is -0.441. The lowest BCUT2D eigenvalue weighted by molar-refractivity contribution is -0.143. The van der Waals surface area contributed by atoms with E-state index in [1.165, 1.54) is 0 Å². The molecule has 2 unspecified atom stereocenters.